The molecule has 2 bridgehead atoms. The molecule has 6 N–H and O–H groups in total. The molecule has 2 aliphatic heterocycles. The summed E-state index contributed by atoms with van der Waals surface area (Å²) in [7, 11) is 0. The van der Waals surface area contributed by atoms with Gasteiger partial charge in [0.2, 0.25) is 17.7 Å². The minimum Gasteiger partial charge on any atom is -0.375 e. The zero-order chi connectivity index (χ0) is 33.9. The third kappa shape index (κ3) is 10.4. The summed E-state index contributed by atoms with van der Waals surface area (Å²) in [5.41, 5.74) is 7.99. The molecule has 3 atom stereocenters. The molecule has 5 rings (SSSR count). The second-order valence-corrected chi connectivity index (χ2v) is 13.0. The van der Waals surface area contributed by atoms with Crippen molar-refractivity contribution in [1.29, 1.82) is 0 Å². The van der Waals surface area contributed by atoms with E-state index in [4.69, 9.17) is 5.73 Å². The Morgan fingerprint density at radius 1 is 0.936 bits per heavy atom. The first-order valence-corrected chi connectivity index (χ1v) is 16.7. The van der Waals surface area contributed by atoms with Gasteiger partial charge in [-0.3, -0.25) is 24.0 Å². The molecule has 0 spiro atoms. The van der Waals surface area contributed by atoms with Gasteiger partial charge in [-0.15, -0.1) is 11.3 Å². The van der Waals surface area contributed by atoms with E-state index in [1.54, 1.807) is 41.5 Å². The number of benzene rings is 2. The highest BCUT2D eigenvalue weighted by atomic mass is 32.1. The lowest BCUT2D eigenvalue weighted by atomic mass is 10.0. The predicted octanol–water partition coefficient (Wildman–Crippen LogP) is 2.65. The first-order valence-electron chi connectivity index (χ1n) is 15.8. The standard InChI is InChI=1S/C34H43N7O5S/c1-21(2)17-26-31(44)37-22(3)29(42)36-15-7-8-16-41(33(46)28-20-47-34(35)40-28)19-24-11-13-25(14-12-24)30(43)38-27(32(45)39-26)18-23-9-5-4-6-10-23/h4-6,9-14,20-22,26-27H,7-8,15-19H2,1-3H3,(H2,35,40)(H,36,42)(H,37,44)(H,38,43)(H,39,45)/t22-,26+,27-/m1/s1. The van der Waals surface area contributed by atoms with Crippen LogP contribution in [0.5, 0.6) is 0 Å². The van der Waals surface area contributed by atoms with Crippen LogP contribution in [0.3, 0.4) is 0 Å². The number of nitrogen functional groups attached to an aromatic ring is 1. The number of thiazole rings is 1. The van der Waals surface area contributed by atoms with Crippen LogP contribution in [0.1, 0.15) is 72.0 Å². The molecule has 0 saturated carbocycles. The maximum Gasteiger partial charge on any atom is 0.273 e. The van der Waals surface area contributed by atoms with Gasteiger partial charge in [0.15, 0.2) is 5.13 Å². The molecule has 3 aromatic rings. The van der Waals surface area contributed by atoms with Crippen LogP contribution in [-0.2, 0) is 27.3 Å². The number of carbonyl (C=O) groups excluding carboxylic acids is 5. The summed E-state index contributed by atoms with van der Waals surface area (Å²) >= 11 is 1.19. The summed E-state index contributed by atoms with van der Waals surface area (Å²) in [6.45, 7) is 6.46. The van der Waals surface area contributed by atoms with Gasteiger partial charge in [-0.1, -0.05) is 56.3 Å². The number of fused-ring (bicyclic) bond motifs is 18. The number of anilines is 1. The van der Waals surface area contributed by atoms with Crippen molar-refractivity contribution in [3.8, 4) is 0 Å². The van der Waals surface area contributed by atoms with E-state index < -0.39 is 35.8 Å². The smallest absolute Gasteiger partial charge is 0.273 e. The van der Waals surface area contributed by atoms with Gasteiger partial charge in [0, 0.05) is 37.0 Å². The molecular formula is C34H43N7O5S. The number of carbonyl (C=O) groups is 5. The molecule has 2 aliphatic rings. The van der Waals surface area contributed by atoms with E-state index in [1.807, 2.05) is 44.2 Å². The number of rotatable bonds is 5. The lowest BCUT2D eigenvalue weighted by molar-refractivity contribution is -0.132. The highest BCUT2D eigenvalue weighted by Gasteiger charge is 2.29. The van der Waals surface area contributed by atoms with Crippen LogP contribution in [0, 0.1) is 5.92 Å². The second kappa shape index (κ2) is 16.7. The Morgan fingerprint density at radius 2 is 1.64 bits per heavy atom. The topological polar surface area (TPSA) is 176 Å². The fraction of sp³-hybridized carbons (Fsp3) is 0.412. The van der Waals surface area contributed by atoms with Crippen molar-refractivity contribution in [1.82, 2.24) is 31.2 Å². The van der Waals surface area contributed by atoms with Crippen molar-refractivity contribution in [2.75, 3.05) is 18.8 Å². The predicted molar refractivity (Wildman–Crippen MR) is 180 cm³/mol. The Balaban J connectivity index is 1.62. The lowest BCUT2D eigenvalue weighted by Gasteiger charge is -2.25. The van der Waals surface area contributed by atoms with Gasteiger partial charge in [-0.05, 0) is 55.4 Å². The molecule has 0 saturated heterocycles. The Kier molecular flexibility index (Phi) is 12.5. The molecule has 1 aromatic heterocycles. The van der Waals surface area contributed by atoms with Crippen molar-refractivity contribution in [2.45, 2.75) is 71.1 Å². The monoisotopic (exact) mass is 661 g/mol. The summed E-state index contributed by atoms with van der Waals surface area (Å²) in [5.74, 6) is -2.04. The molecule has 13 heteroatoms. The average molecular weight is 662 g/mol. The van der Waals surface area contributed by atoms with E-state index in [0.29, 0.717) is 43.0 Å². The van der Waals surface area contributed by atoms with Crippen molar-refractivity contribution < 1.29 is 24.0 Å². The van der Waals surface area contributed by atoms with Crippen molar-refractivity contribution >= 4 is 46.0 Å². The van der Waals surface area contributed by atoms with Gasteiger partial charge in [0.25, 0.3) is 11.8 Å². The fourth-order valence-electron chi connectivity index (χ4n) is 5.23. The SMILES string of the molecule is CC(C)C[C@@H]1NC(=O)[C@@H](Cc2ccccc2)NC(=O)c2ccc(cc2)CN(C(=O)c2csc(N)n2)CCCCNC(=O)[C@@H](C)NC1=O. The molecule has 12 nitrogen and oxygen atoms in total. The number of aromatic nitrogens is 1. The number of hydrogen-bond donors (Lipinski definition) is 5. The Hall–Kier alpha value is -4.78. The number of amides is 5. The summed E-state index contributed by atoms with van der Waals surface area (Å²) in [6, 6.07) is 13.4. The van der Waals surface area contributed by atoms with E-state index in [0.717, 1.165) is 11.1 Å². The molecule has 47 heavy (non-hydrogen) atoms. The molecule has 0 aliphatic carbocycles. The van der Waals surface area contributed by atoms with Crippen LogP contribution in [0.15, 0.2) is 60.0 Å². The zero-order valence-electron chi connectivity index (χ0n) is 27.0. The van der Waals surface area contributed by atoms with E-state index >= 15 is 0 Å². The van der Waals surface area contributed by atoms with Crippen LogP contribution in [-0.4, -0.2) is 70.6 Å². The summed E-state index contributed by atoms with van der Waals surface area (Å²) < 4.78 is 0. The maximum atomic E-state index is 13.7. The highest BCUT2D eigenvalue weighted by Crippen LogP contribution is 2.17. The molecule has 3 heterocycles. The van der Waals surface area contributed by atoms with Gasteiger partial charge in [-0.25, -0.2) is 4.98 Å². The van der Waals surface area contributed by atoms with Crippen LogP contribution in [0.4, 0.5) is 5.13 Å². The van der Waals surface area contributed by atoms with Gasteiger partial charge in [-0.2, -0.15) is 0 Å². The highest BCUT2D eigenvalue weighted by molar-refractivity contribution is 7.13. The van der Waals surface area contributed by atoms with Crippen molar-refractivity contribution in [3.05, 3.63) is 82.4 Å². The Bertz CT molecular complexity index is 1540. The normalized spacial score (nSPS) is 20.5. The Morgan fingerprint density at radius 3 is 2.30 bits per heavy atom. The number of nitrogens with two attached hydrogens (primary N) is 1. The van der Waals surface area contributed by atoms with E-state index in [2.05, 4.69) is 26.3 Å². The van der Waals surface area contributed by atoms with Gasteiger partial charge in [0.05, 0.1) is 0 Å². The quantitative estimate of drug-likeness (QED) is 0.261. The van der Waals surface area contributed by atoms with E-state index in [-0.39, 0.29) is 36.4 Å². The van der Waals surface area contributed by atoms with Gasteiger partial charge in [0.1, 0.15) is 23.8 Å². The first-order chi connectivity index (χ1) is 22.5. The molecule has 0 radical (unpaired) electrons. The Labute approximate surface area is 278 Å². The second-order valence-electron chi connectivity index (χ2n) is 12.1. The van der Waals surface area contributed by atoms with Crippen LogP contribution < -0.4 is 27.0 Å². The van der Waals surface area contributed by atoms with Crippen LogP contribution in [0.2, 0.25) is 0 Å². The van der Waals surface area contributed by atoms with Gasteiger partial charge < -0.3 is 31.9 Å². The molecule has 0 unspecified atom stereocenters. The fourth-order valence-corrected chi connectivity index (χ4v) is 5.77. The molecule has 5 amide bonds. The molecule has 250 valence electrons. The largest absolute Gasteiger partial charge is 0.375 e. The zero-order valence-corrected chi connectivity index (χ0v) is 27.8. The summed E-state index contributed by atoms with van der Waals surface area (Å²) in [5, 5.41) is 13.2. The molecular weight excluding hydrogens is 618 g/mol. The van der Waals surface area contributed by atoms with E-state index in [9.17, 15) is 24.0 Å². The van der Waals surface area contributed by atoms with Crippen molar-refractivity contribution in [2.24, 2.45) is 5.92 Å². The number of hydrogen-bond acceptors (Lipinski definition) is 8. The van der Waals surface area contributed by atoms with Crippen LogP contribution in [0.25, 0.3) is 0 Å². The summed E-state index contributed by atoms with van der Waals surface area (Å²) in [6.07, 6.45) is 1.72. The third-order valence-electron chi connectivity index (χ3n) is 7.77. The molecule has 0 fully saturated rings. The maximum absolute atomic E-state index is 13.7. The minimum absolute atomic E-state index is 0.0599. The molecule has 2 aromatic carbocycles. The van der Waals surface area contributed by atoms with E-state index in [1.165, 1.54) is 11.3 Å². The van der Waals surface area contributed by atoms with Crippen molar-refractivity contribution in [3.63, 3.8) is 0 Å². The van der Waals surface area contributed by atoms with Crippen LogP contribution >= 0.6 is 11.3 Å². The lowest BCUT2D eigenvalue weighted by Crippen LogP contribution is -2.57. The first kappa shape index (κ1) is 35.1. The number of nitrogens with one attached hydrogen (secondary N) is 4. The third-order valence-corrected chi connectivity index (χ3v) is 8.44. The van der Waals surface area contributed by atoms with Gasteiger partial charge >= 0.3 is 0 Å². The number of nitrogens with zero attached hydrogens (tertiary/aromatic N) is 2. The average Bonchev–Trinajstić information content (AvgIpc) is 3.49. The minimum atomic E-state index is -0.986. The summed E-state index contributed by atoms with van der Waals surface area (Å²) in [4.78, 5) is 72.5.